The molecule has 0 bridgehead atoms. The Labute approximate surface area is 210 Å². The van der Waals surface area contributed by atoms with Crippen molar-refractivity contribution in [2.75, 3.05) is 0 Å². The molecule has 4 rings (SSSR count). The number of benzene rings is 1. The molecule has 1 saturated carbocycles. The summed E-state index contributed by atoms with van der Waals surface area (Å²) in [6, 6.07) is 4.44. The quantitative estimate of drug-likeness (QED) is 0.533. The van der Waals surface area contributed by atoms with E-state index < -0.39 is 23.6 Å². The Bertz CT molecular complexity index is 1080. The van der Waals surface area contributed by atoms with Gasteiger partial charge in [-0.3, -0.25) is 24.5 Å². The Kier molecular flexibility index (Phi) is 7.33. The summed E-state index contributed by atoms with van der Waals surface area (Å²) < 4.78 is 5.36. The third kappa shape index (κ3) is 5.85. The van der Waals surface area contributed by atoms with Gasteiger partial charge in [0, 0.05) is 31.1 Å². The van der Waals surface area contributed by atoms with Gasteiger partial charge in [-0.2, -0.15) is 0 Å². The van der Waals surface area contributed by atoms with E-state index in [1.54, 1.807) is 32.9 Å². The van der Waals surface area contributed by atoms with Crippen molar-refractivity contribution < 1.29 is 28.7 Å². The zero-order valence-corrected chi connectivity index (χ0v) is 21.0. The van der Waals surface area contributed by atoms with Crippen LogP contribution in [0.3, 0.4) is 0 Å². The number of carbonyl (C=O) groups excluding carboxylic acids is 5. The second-order valence-electron chi connectivity index (χ2n) is 10.8. The number of hydrogen-bond acceptors (Lipinski definition) is 6. The molecule has 1 aliphatic carbocycles. The summed E-state index contributed by atoms with van der Waals surface area (Å²) in [5, 5.41) is 8.15. The zero-order valence-electron chi connectivity index (χ0n) is 21.0. The van der Waals surface area contributed by atoms with Crippen LogP contribution in [-0.4, -0.2) is 52.3 Å². The number of rotatable bonds is 5. The lowest BCUT2D eigenvalue weighted by molar-refractivity contribution is -0.137. The van der Waals surface area contributed by atoms with Crippen LogP contribution in [0.4, 0.5) is 4.79 Å². The van der Waals surface area contributed by atoms with Crippen molar-refractivity contribution in [3.05, 3.63) is 34.9 Å². The minimum atomic E-state index is -0.661. The predicted octanol–water partition coefficient (Wildman–Crippen LogP) is 2.15. The van der Waals surface area contributed by atoms with Gasteiger partial charge in [-0.05, 0) is 57.2 Å². The summed E-state index contributed by atoms with van der Waals surface area (Å²) in [6.45, 7) is 5.96. The molecule has 10 nitrogen and oxygen atoms in total. The Balaban J connectivity index is 1.36. The van der Waals surface area contributed by atoms with Gasteiger partial charge in [0.1, 0.15) is 11.6 Å². The molecule has 5 amide bonds. The second-order valence-corrected chi connectivity index (χ2v) is 10.8. The number of ether oxygens (including phenoxy) is 1. The van der Waals surface area contributed by atoms with Crippen molar-refractivity contribution in [3.63, 3.8) is 0 Å². The normalized spacial score (nSPS) is 24.1. The summed E-state index contributed by atoms with van der Waals surface area (Å²) >= 11 is 0. The van der Waals surface area contributed by atoms with E-state index >= 15 is 0 Å². The first-order valence-corrected chi connectivity index (χ1v) is 12.6. The number of piperidine rings is 1. The van der Waals surface area contributed by atoms with Crippen molar-refractivity contribution >= 4 is 29.7 Å². The molecule has 36 heavy (non-hydrogen) atoms. The van der Waals surface area contributed by atoms with Crippen molar-refractivity contribution in [3.8, 4) is 0 Å². The van der Waals surface area contributed by atoms with Crippen LogP contribution in [-0.2, 0) is 32.2 Å². The number of hydrogen-bond donors (Lipinski definition) is 3. The average molecular weight is 499 g/mol. The molecule has 2 aliphatic heterocycles. The lowest BCUT2D eigenvalue weighted by Gasteiger charge is -2.32. The van der Waals surface area contributed by atoms with Crippen LogP contribution in [0, 0.1) is 5.92 Å². The summed E-state index contributed by atoms with van der Waals surface area (Å²) in [5.74, 6) is -1.46. The van der Waals surface area contributed by atoms with Crippen molar-refractivity contribution in [2.24, 2.45) is 5.92 Å². The molecule has 1 saturated heterocycles. The molecule has 2 heterocycles. The average Bonchev–Trinajstić information content (AvgIpc) is 3.12. The van der Waals surface area contributed by atoms with E-state index in [4.69, 9.17) is 4.74 Å². The lowest BCUT2D eigenvalue weighted by atomic mass is 9.84. The fraction of sp³-hybridized carbons (Fsp3) is 0.577. The third-order valence-corrected chi connectivity index (χ3v) is 6.86. The predicted molar refractivity (Wildman–Crippen MR) is 129 cm³/mol. The highest BCUT2D eigenvalue weighted by Crippen LogP contribution is 2.29. The van der Waals surface area contributed by atoms with Crippen LogP contribution in [0.5, 0.6) is 0 Å². The Morgan fingerprint density at radius 1 is 1.11 bits per heavy atom. The first kappa shape index (κ1) is 25.7. The summed E-state index contributed by atoms with van der Waals surface area (Å²) in [7, 11) is 0. The minimum absolute atomic E-state index is 0.127. The summed E-state index contributed by atoms with van der Waals surface area (Å²) in [6.07, 6.45) is 3.26. The smallest absolute Gasteiger partial charge is 0.407 e. The maximum absolute atomic E-state index is 13.0. The van der Waals surface area contributed by atoms with Crippen LogP contribution < -0.4 is 16.0 Å². The van der Waals surface area contributed by atoms with E-state index in [1.165, 1.54) is 4.90 Å². The van der Waals surface area contributed by atoms with Crippen molar-refractivity contribution in [1.82, 2.24) is 20.9 Å². The highest BCUT2D eigenvalue weighted by atomic mass is 16.6. The molecule has 3 aliphatic rings. The van der Waals surface area contributed by atoms with Gasteiger partial charge in [0.15, 0.2) is 0 Å². The van der Waals surface area contributed by atoms with Crippen LogP contribution >= 0.6 is 0 Å². The Morgan fingerprint density at radius 2 is 1.86 bits per heavy atom. The third-order valence-electron chi connectivity index (χ3n) is 6.86. The van der Waals surface area contributed by atoms with E-state index in [0.717, 1.165) is 24.0 Å². The first-order valence-electron chi connectivity index (χ1n) is 12.6. The van der Waals surface area contributed by atoms with Gasteiger partial charge < -0.3 is 20.3 Å². The Morgan fingerprint density at radius 3 is 2.58 bits per heavy atom. The van der Waals surface area contributed by atoms with Gasteiger partial charge in [0.05, 0.1) is 5.92 Å². The van der Waals surface area contributed by atoms with Crippen LogP contribution in [0.2, 0.25) is 0 Å². The number of nitrogens with one attached hydrogen (secondary N) is 3. The number of alkyl carbamates (subject to hydrolysis) is 1. The largest absolute Gasteiger partial charge is 0.444 e. The van der Waals surface area contributed by atoms with Gasteiger partial charge in [-0.15, -0.1) is 0 Å². The van der Waals surface area contributed by atoms with Crippen LogP contribution in [0.25, 0.3) is 0 Å². The molecule has 0 radical (unpaired) electrons. The van der Waals surface area contributed by atoms with Crippen LogP contribution in [0.1, 0.15) is 80.8 Å². The van der Waals surface area contributed by atoms with Crippen LogP contribution in [0.15, 0.2) is 18.2 Å². The maximum atomic E-state index is 13.0. The highest BCUT2D eigenvalue weighted by Gasteiger charge is 2.39. The molecule has 3 atom stereocenters. The number of fused-ring (bicyclic) bond motifs is 1. The fourth-order valence-electron chi connectivity index (χ4n) is 5.13. The van der Waals surface area contributed by atoms with Crippen molar-refractivity contribution in [1.29, 1.82) is 0 Å². The van der Waals surface area contributed by atoms with Crippen molar-refractivity contribution in [2.45, 2.75) is 90.1 Å². The monoisotopic (exact) mass is 498 g/mol. The highest BCUT2D eigenvalue weighted by molar-refractivity contribution is 6.05. The standard InChI is InChI=1S/C26H34N4O6/c1-26(2,3)36-25(35)28-19-7-5-4-6-18(19)22(32)27-13-15-8-9-17-16(12-15)14-30(24(17)34)20-10-11-21(31)29-23(20)33/h8-9,12,18-20H,4-7,10-11,13-14H2,1-3H3,(H,27,32)(H,28,35)(H,29,31,33)/t18-,19-,20?/m0/s1. The SMILES string of the molecule is CC(C)(C)OC(=O)N[C@H]1CCCC[C@@H]1C(=O)NCc1ccc2c(c1)CN(C1CCC(=O)NC1=O)C2=O. The van der Waals surface area contributed by atoms with E-state index in [9.17, 15) is 24.0 Å². The maximum Gasteiger partial charge on any atom is 0.407 e. The molecule has 1 aromatic rings. The molecule has 3 N–H and O–H groups in total. The summed E-state index contributed by atoms with van der Waals surface area (Å²) in [5.41, 5.74) is 1.55. The zero-order chi connectivity index (χ0) is 26.0. The lowest BCUT2D eigenvalue weighted by Crippen LogP contribution is -2.52. The Hall–Kier alpha value is -3.43. The van der Waals surface area contributed by atoms with Gasteiger partial charge in [-0.25, -0.2) is 4.79 Å². The van der Waals surface area contributed by atoms with Gasteiger partial charge in [-0.1, -0.05) is 25.0 Å². The molecule has 2 fully saturated rings. The number of nitrogens with zero attached hydrogens (tertiary/aromatic N) is 1. The molecule has 0 spiro atoms. The molecular formula is C26H34N4O6. The summed E-state index contributed by atoms with van der Waals surface area (Å²) in [4.78, 5) is 63.3. The number of imide groups is 1. The van der Waals surface area contributed by atoms with E-state index in [0.29, 0.717) is 24.8 Å². The van der Waals surface area contributed by atoms with Gasteiger partial charge in [0.2, 0.25) is 17.7 Å². The molecule has 10 heteroatoms. The second kappa shape index (κ2) is 10.3. The van der Waals surface area contributed by atoms with E-state index in [2.05, 4.69) is 16.0 Å². The van der Waals surface area contributed by atoms with E-state index in [-0.39, 0.29) is 49.2 Å². The van der Waals surface area contributed by atoms with E-state index in [1.807, 2.05) is 6.07 Å². The fourth-order valence-corrected chi connectivity index (χ4v) is 5.13. The molecular weight excluding hydrogens is 464 g/mol. The van der Waals surface area contributed by atoms with Gasteiger partial charge in [0.25, 0.3) is 5.91 Å². The first-order chi connectivity index (χ1) is 17.0. The topological polar surface area (TPSA) is 134 Å². The minimum Gasteiger partial charge on any atom is -0.444 e. The molecule has 1 unspecified atom stereocenters. The molecule has 194 valence electrons. The number of carbonyl (C=O) groups is 5. The molecule has 0 aromatic heterocycles. The number of amides is 5. The molecule has 1 aromatic carbocycles. The van der Waals surface area contributed by atoms with Gasteiger partial charge >= 0.3 is 6.09 Å².